The van der Waals surface area contributed by atoms with Crippen molar-refractivity contribution in [3.63, 3.8) is 0 Å². The van der Waals surface area contributed by atoms with Gasteiger partial charge in [0.1, 0.15) is 4.88 Å². The van der Waals surface area contributed by atoms with E-state index in [1.54, 1.807) is 0 Å². The lowest BCUT2D eigenvalue weighted by Gasteiger charge is -2.11. The van der Waals surface area contributed by atoms with Gasteiger partial charge < -0.3 is 14.8 Å². The molecule has 1 heterocycles. The second-order valence-corrected chi connectivity index (χ2v) is 7.37. The van der Waals surface area contributed by atoms with E-state index < -0.39 is 17.8 Å². The van der Waals surface area contributed by atoms with Crippen LogP contribution in [0.25, 0.3) is 10.1 Å². The molecule has 0 bridgehead atoms. The molecule has 0 fully saturated rings. The fraction of sp³-hybridized carbons (Fsp3) is 0.150. The average Bonchev–Trinajstić information content (AvgIpc) is 3.02. The highest BCUT2D eigenvalue weighted by atomic mass is 35.5. The fourth-order valence-corrected chi connectivity index (χ4v) is 4.19. The lowest BCUT2D eigenvalue weighted by Crippen LogP contribution is -2.16. The third-order valence-electron chi connectivity index (χ3n) is 4.09. The van der Waals surface area contributed by atoms with E-state index in [2.05, 4.69) is 5.32 Å². The molecule has 28 heavy (non-hydrogen) atoms. The molecule has 3 rings (SSSR count). The van der Waals surface area contributed by atoms with Gasteiger partial charge in [0.2, 0.25) is 0 Å². The van der Waals surface area contributed by atoms with Crippen molar-refractivity contribution in [3.05, 3.63) is 63.0 Å². The first-order valence-electron chi connectivity index (χ1n) is 8.16. The Morgan fingerprint density at radius 2 is 1.71 bits per heavy atom. The van der Waals surface area contributed by atoms with Crippen LogP contribution in [0.4, 0.5) is 5.69 Å². The summed E-state index contributed by atoms with van der Waals surface area (Å²) in [6.07, 6.45) is 0. The van der Waals surface area contributed by atoms with Crippen molar-refractivity contribution < 1.29 is 23.9 Å². The molecule has 1 amide bonds. The number of carbonyl (C=O) groups excluding carboxylic acids is 3. The second-order valence-electron chi connectivity index (χ2n) is 5.94. The number of ether oxygens (including phenoxy) is 2. The molecule has 3 aromatic rings. The van der Waals surface area contributed by atoms with Gasteiger partial charge in [-0.25, -0.2) is 9.59 Å². The minimum absolute atomic E-state index is 0.108. The van der Waals surface area contributed by atoms with Crippen LogP contribution in [0.2, 0.25) is 5.02 Å². The van der Waals surface area contributed by atoms with Crippen LogP contribution in [0, 0.1) is 6.92 Å². The van der Waals surface area contributed by atoms with Gasteiger partial charge in [-0.15, -0.1) is 11.3 Å². The van der Waals surface area contributed by atoms with Gasteiger partial charge in [-0.3, -0.25) is 4.79 Å². The Morgan fingerprint density at radius 1 is 1.00 bits per heavy atom. The van der Waals surface area contributed by atoms with Crippen molar-refractivity contribution in [3.8, 4) is 0 Å². The first-order chi connectivity index (χ1) is 13.3. The lowest BCUT2D eigenvalue weighted by molar-refractivity contribution is 0.0587. The summed E-state index contributed by atoms with van der Waals surface area (Å²) in [5, 5.41) is 3.77. The molecular weight excluding hydrogens is 402 g/mol. The highest BCUT2D eigenvalue weighted by molar-refractivity contribution is 7.21. The van der Waals surface area contributed by atoms with Crippen molar-refractivity contribution in [2.24, 2.45) is 0 Å². The van der Waals surface area contributed by atoms with E-state index in [0.29, 0.717) is 9.90 Å². The van der Waals surface area contributed by atoms with Gasteiger partial charge >= 0.3 is 11.9 Å². The van der Waals surface area contributed by atoms with Gasteiger partial charge in [0.05, 0.1) is 36.1 Å². The molecule has 0 saturated carbocycles. The smallest absolute Gasteiger partial charge is 0.339 e. The molecular formula is C20H16ClNO5S. The zero-order valence-electron chi connectivity index (χ0n) is 15.3. The zero-order chi connectivity index (χ0) is 20.4. The van der Waals surface area contributed by atoms with Crippen molar-refractivity contribution in [1.82, 2.24) is 0 Å². The molecule has 0 unspecified atom stereocenters. The first-order valence-corrected chi connectivity index (χ1v) is 9.35. The number of anilines is 1. The Bertz CT molecular complexity index is 1110. The van der Waals surface area contributed by atoms with Gasteiger partial charge in [-0.05, 0) is 36.8 Å². The minimum atomic E-state index is -0.648. The number of halogens is 1. The first kappa shape index (κ1) is 19.9. The summed E-state index contributed by atoms with van der Waals surface area (Å²) < 4.78 is 10.3. The van der Waals surface area contributed by atoms with Crippen molar-refractivity contribution >= 4 is 56.6 Å². The Hall–Kier alpha value is -2.90. The maximum Gasteiger partial charge on any atom is 0.339 e. The summed E-state index contributed by atoms with van der Waals surface area (Å²) in [4.78, 5) is 37.0. The summed E-state index contributed by atoms with van der Waals surface area (Å²) in [6, 6.07) is 9.89. The molecule has 1 aromatic heterocycles. The quantitative estimate of drug-likeness (QED) is 0.623. The molecule has 6 nitrogen and oxygen atoms in total. The predicted octanol–water partition coefficient (Wildman–Crippen LogP) is 4.69. The molecule has 8 heteroatoms. The number of esters is 2. The van der Waals surface area contributed by atoms with Gasteiger partial charge in [0.25, 0.3) is 5.91 Å². The average molecular weight is 418 g/mol. The van der Waals surface area contributed by atoms with Crippen LogP contribution < -0.4 is 5.32 Å². The molecule has 144 valence electrons. The van der Waals surface area contributed by atoms with Crippen LogP contribution in [-0.2, 0) is 9.47 Å². The number of methoxy groups -OCH3 is 2. The Morgan fingerprint density at radius 3 is 2.39 bits per heavy atom. The Kier molecular flexibility index (Phi) is 5.67. The SMILES string of the molecule is COC(=O)c1ccc(C(=O)OC)c(NC(=O)c2sc3cc(C)ccc3c2Cl)c1. The third-order valence-corrected chi connectivity index (χ3v) is 5.74. The summed E-state index contributed by atoms with van der Waals surface area (Å²) in [7, 11) is 2.47. The molecule has 2 aromatic carbocycles. The Labute approximate surface area is 170 Å². The molecule has 0 atom stereocenters. The van der Waals surface area contributed by atoms with Crippen LogP contribution in [0.1, 0.15) is 36.0 Å². The van der Waals surface area contributed by atoms with Crippen LogP contribution in [-0.4, -0.2) is 32.1 Å². The van der Waals surface area contributed by atoms with E-state index in [9.17, 15) is 14.4 Å². The van der Waals surface area contributed by atoms with Crippen LogP contribution >= 0.6 is 22.9 Å². The summed E-state index contributed by atoms with van der Waals surface area (Å²) in [5.41, 5.74) is 1.47. The highest BCUT2D eigenvalue weighted by Gasteiger charge is 2.21. The number of carbonyl (C=O) groups is 3. The van der Waals surface area contributed by atoms with Crippen LogP contribution in [0.5, 0.6) is 0 Å². The summed E-state index contributed by atoms with van der Waals surface area (Å²) >= 11 is 7.64. The van der Waals surface area contributed by atoms with Gasteiger partial charge in [0.15, 0.2) is 0 Å². The normalized spacial score (nSPS) is 10.6. The van der Waals surface area contributed by atoms with E-state index in [1.165, 1.54) is 43.8 Å². The maximum atomic E-state index is 12.8. The van der Waals surface area contributed by atoms with Crippen LogP contribution in [0.3, 0.4) is 0 Å². The number of fused-ring (bicyclic) bond motifs is 1. The topological polar surface area (TPSA) is 81.7 Å². The number of benzene rings is 2. The van der Waals surface area contributed by atoms with Crippen molar-refractivity contribution in [2.75, 3.05) is 19.5 Å². The molecule has 0 aliphatic rings. The highest BCUT2D eigenvalue weighted by Crippen LogP contribution is 2.36. The van der Waals surface area contributed by atoms with Crippen molar-refractivity contribution in [2.45, 2.75) is 6.92 Å². The number of nitrogens with one attached hydrogen (secondary N) is 1. The largest absolute Gasteiger partial charge is 0.465 e. The number of thiophene rings is 1. The number of hydrogen-bond donors (Lipinski definition) is 1. The monoisotopic (exact) mass is 417 g/mol. The van der Waals surface area contributed by atoms with Gasteiger partial charge in [-0.2, -0.15) is 0 Å². The Balaban J connectivity index is 2.02. The van der Waals surface area contributed by atoms with Gasteiger partial charge in [-0.1, -0.05) is 23.7 Å². The molecule has 0 radical (unpaired) electrons. The fourth-order valence-electron chi connectivity index (χ4n) is 2.68. The number of aryl methyl sites for hydroxylation is 1. The summed E-state index contributed by atoms with van der Waals surface area (Å²) in [6.45, 7) is 1.95. The lowest BCUT2D eigenvalue weighted by atomic mass is 10.1. The summed E-state index contributed by atoms with van der Waals surface area (Å²) in [5.74, 6) is -1.73. The predicted molar refractivity (Wildman–Crippen MR) is 109 cm³/mol. The minimum Gasteiger partial charge on any atom is -0.465 e. The maximum absolute atomic E-state index is 12.8. The van der Waals surface area contributed by atoms with Gasteiger partial charge in [0, 0.05) is 10.1 Å². The van der Waals surface area contributed by atoms with E-state index in [4.69, 9.17) is 21.1 Å². The molecule has 0 aliphatic heterocycles. The third kappa shape index (κ3) is 3.72. The standard InChI is InChI=1S/C20H16ClNO5S/c1-10-4-6-13-15(8-10)28-17(16(13)21)18(23)22-14-9-11(19(24)26-2)5-7-12(14)20(25)27-3/h4-9H,1-3H3,(H,22,23). The zero-order valence-corrected chi connectivity index (χ0v) is 16.9. The van der Waals surface area contributed by atoms with E-state index >= 15 is 0 Å². The number of hydrogen-bond acceptors (Lipinski definition) is 6. The van der Waals surface area contributed by atoms with Crippen LogP contribution in [0.15, 0.2) is 36.4 Å². The molecule has 0 aliphatic carbocycles. The molecule has 1 N–H and O–H groups in total. The van der Waals surface area contributed by atoms with Crippen molar-refractivity contribution in [1.29, 1.82) is 0 Å². The van der Waals surface area contributed by atoms with E-state index in [-0.39, 0.29) is 16.8 Å². The van der Waals surface area contributed by atoms with E-state index in [0.717, 1.165) is 15.6 Å². The van der Waals surface area contributed by atoms with E-state index in [1.807, 2.05) is 25.1 Å². The molecule has 0 saturated heterocycles. The molecule has 0 spiro atoms. The number of rotatable bonds is 4. The number of amides is 1. The second kappa shape index (κ2) is 8.00.